The number of anilines is 1. The van der Waals surface area contributed by atoms with E-state index in [-0.39, 0.29) is 11.2 Å². The molecule has 1 atom stereocenters. The predicted octanol–water partition coefficient (Wildman–Crippen LogP) is 4.87. The number of hydrogen-bond donors (Lipinski definition) is 1. The average molecular weight is 393 g/mol. The van der Waals surface area contributed by atoms with E-state index in [1.54, 1.807) is 0 Å². The van der Waals surface area contributed by atoms with E-state index < -0.39 is 0 Å². The van der Waals surface area contributed by atoms with E-state index in [2.05, 4.69) is 20.3 Å². The SMILES string of the molecule is C[C@H](Sc1cc(-c2ccccc2)ncn1)C(=O)Nc1nc2ccccc2s1. The van der Waals surface area contributed by atoms with Crippen LogP contribution >= 0.6 is 23.1 Å². The first-order valence-corrected chi connectivity index (χ1v) is 10.1. The van der Waals surface area contributed by atoms with E-state index >= 15 is 0 Å². The van der Waals surface area contributed by atoms with Crippen LogP contribution in [0.2, 0.25) is 0 Å². The quantitative estimate of drug-likeness (QED) is 0.387. The Bertz CT molecular complexity index is 1050. The summed E-state index contributed by atoms with van der Waals surface area (Å²) in [5, 5.41) is 3.96. The van der Waals surface area contributed by atoms with Crippen molar-refractivity contribution in [2.24, 2.45) is 0 Å². The third-order valence-corrected chi connectivity index (χ3v) is 5.89. The molecule has 27 heavy (non-hydrogen) atoms. The van der Waals surface area contributed by atoms with Crippen LogP contribution in [-0.2, 0) is 4.79 Å². The van der Waals surface area contributed by atoms with Crippen molar-refractivity contribution in [1.29, 1.82) is 0 Å². The molecule has 5 nitrogen and oxygen atoms in total. The molecule has 4 aromatic rings. The maximum atomic E-state index is 12.5. The van der Waals surface area contributed by atoms with Crippen LogP contribution in [0.1, 0.15) is 6.92 Å². The highest BCUT2D eigenvalue weighted by molar-refractivity contribution is 8.00. The van der Waals surface area contributed by atoms with Gasteiger partial charge in [0.05, 0.1) is 21.2 Å². The maximum Gasteiger partial charge on any atom is 0.239 e. The normalized spacial score (nSPS) is 12.0. The zero-order valence-electron chi connectivity index (χ0n) is 14.5. The number of carbonyl (C=O) groups excluding carboxylic acids is 1. The minimum absolute atomic E-state index is 0.0982. The highest BCUT2D eigenvalue weighted by Gasteiger charge is 2.17. The van der Waals surface area contributed by atoms with Gasteiger partial charge in [-0.15, -0.1) is 0 Å². The van der Waals surface area contributed by atoms with Gasteiger partial charge >= 0.3 is 0 Å². The molecule has 0 aliphatic rings. The van der Waals surface area contributed by atoms with Gasteiger partial charge in [0.15, 0.2) is 5.13 Å². The molecule has 0 spiro atoms. The topological polar surface area (TPSA) is 67.8 Å². The Morgan fingerprint density at radius 3 is 2.67 bits per heavy atom. The molecule has 1 N–H and O–H groups in total. The molecular formula is C20H16N4OS2. The lowest BCUT2D eigenvalue weighted by atomic mass is 10.1. The van der Waals surface area contributed by atoms with Crippen LogP contribution in [-0.4, -0.2) is 26.1 Å². The summed E-state index contributed by atoms with van der Waals surface area (Å²) >= 11 is 2.87. The lowest BCUT2D eigenvalue weighted by Gasteiger charge is -2.10. The van der Waals surface area contributed by atoms with Crippen LogP contribution in [0.5, 0.6) is 0 Å². The van der Waals surface area contributed by atoms with Crippen molar-refractivity contribution in [2.45, 2.75) is 17.2 Å². The van der Waals surface area contributed by atoms with Crippen molar-refractivity contribution in [2.75, 3.05) is 5.32 Å². The van der Waals surface area contributed by atoms with Crippen molar-refractivity contribution >= 4 is 44.4 Å². The summed E-state index contributed by atoms with van der Waals surface area (Å²) in [6, 6.07) is 19.6. The van der Waals surface area contributed by atoms with Crippen LogP contribution in [0.3, 0.4) is 0 Å². The van der Waals surface area contributed by atoms with Crippen molar-refractivity contribution < 1.29 is 4.79 Å². The first-order chi connectivity index (χ1) is 13.2. The molecule has 7 heteroatoms. The molecule has 1 amide bonds. The molecule has 0 unspecified atom stereocenters. The molecule has 0 radical (unpaired) electrons. The smallest absolute Gasteiger partial charge is 0.239 e. The predicted molar refractivity (Wildman–Crippen MR) is 111 cm³/mol. The van der Waals surface area contributed by atoms with Crippen LogP contribution in [0.4, 0.5) is 5.13 Å². The Balaban J connectivity index is 1.45. The number of hydrogen-bond acceptors (Lipinski definition) is 6. The van der Waals surface area contributed by atoms with Crippen LogP contribution in [0, 0.1) is 0 Å². The Morgan fingerprint density at radius 1 is 1.07 bits per heavy atom. The lowest BCUT2D eigenvalue weighted by molar-refractivity contribution is -0.115. The average Bonchev–Trinajstić information content (AvgIpc) is 3.11. The molecule has 0 saturated carbocycles. The number of para-hydroxylation sites is 1. The minimum atomic E-state index is -0.310. The number of nitrogens with zero attached hydrogens (tertiary/aromatic N) is 3. The van der Waals surface area contributed by atoms with E-state index in [9.17, 15) is 4.79 Å². The number of thiazole rings is 1. The molecule has 134 valence electrons. The molecule has 0 bridgehead atoms. The Morgan fingerprint density at radius 2 is 1.85 bits per heavy atom. The lowest BCUT2D eigenvalue weighted by Crippen LogP contribution is -2.22. The first-order valence-electron chi connectivity index (χ1n) is 8.39. The number of rotatable bonds is 5. The Hall–Kier alpha value is -2.77. The summed E-state index contributed by atoms with van der Waals surface area (Å²) < 4.78 is 1.05. The second-order valence-electron chi connectivity index (χ2n) is 5.84. The molecule has 0 fully saturated rings. The Labute approximate surface area is 164 Å². The van der Waals surface area contributed by atoms with Crippen LogP contribution in [0.15, 0.2) is 72.0 Å². The third-order valence-electron chi connectivity index (χ3n) is 3.90. The molecule has 4 rings (SSSR count). The molecule has 2 aromatic heterocycles. The zero-order valence-corrected chi connectivity index (χ0v) is 16.1. The first kappa shape index (κ1) is 17.6. The van der Waals surface area contributed by atoms with Gasteiger partial charge in [-0.1, -0.05) is 65.6 Å². The largest absolute Gasteiger partial charge is 0.301 e. The van der Waals surface area contributed by atoms with Gasteiger partial charge in [-0.05, 0) is 25.1 Å². The molecule has 0 aliphatic heterocycles. The number of benzene rings is 2. The van der Waals surface area contributed by atoms with E-state index in [0.29, 0.717) is 5.13 Å². The number of fused-ring (bicyclic) bond motifs is 1. The van der Waals surface area contributed by atoms with Crippen molar-refractivity contribution in [3.63, 3.8) is 0 Å². The van der Waals surface area contributed by atoms with Gasteiger partial charge in [0, 0.05) is 5.56 Å². The van der Waals surface area contributed by atoms with Gasteiger partial charge in [-0.3, -0.25) is 4.79 Å². The standard InChI is InChI=1S/C20H16N4OS2/c1-13(19(25)24-20-23-15-9-5-6-10-17(15)27-20)26-18-11-16(21-12-22-18)14-7-3-2-4-8-14/h2-13H,1H3,(H,23,24,25)/t13-/m0/s1. The summed E-state index contributed by atoms with van der Waals surface area (Å²) in [7, 11) is 0. The van der Waals surface area contributed by atoms with Gasteiger partial charge in [-0.25, -0.2) is 15.0 Å². The van der Waals surface area contributed by atoms with Crippen LogP contribution in [0.25, 0.3) is 21.5 Å². The number of aromatic nitrogens is 3. The number of thioether (sulfide) groups is 1. The fourth-order valence-electron chi connectivity index (χ4n) is 2.54. The number of carbonyl (C=O) groups is 1. The van der Waals surface area contributed by atoms with Gasteiger partial charge in [-0.2, -0.15) is 0 Å². The summed E-state index contributed by atoms with van der Waals surface area (Å²) in [4.78, 5) is 25.6. The van der Waals surface area contributed by atoms with Crippen molar-refractivity contribution in [3.05, 3.63) is 67.0 Å². The second kappa shape index (κ2) is 7.85. The molecular weight excluding hydrogens is 376 g/mol. The molecule has 2 heterocycles. The molecule has 2 aromatic carbocycles. The highest BCUT2D eigenvalue weighted by Crippen LogP contribution is 2.28. The minimum Gasteiger partial charge on any atom is -0.301 e. The van der Waals surface area contributed by atoms with Gasteiger partial charge < -0.3 is 5.32 Å². The summed E-state index contributed by atoms with van der Waals surface area (Å²) in [6.07, 6.45) is 1.53. The van der Waals surface area contributed by atoms with Crippen molar-refractivity contribution in [1.82, 2.24) is 15.0 Å². The van der Waals surface area contributed by atoms with Gasteiger partial charge in [0.1, 0.15) is 11.4 Å². The molecule has 0 aliphatic carbocycles. The summed E-state index contributed by atoms with van der Waals surface area (Å²) in [6.45, 7) is 1.86. The monoisotopic (exact) mass is 392 g/mol. The van der Waals surface area contributed by atoms with E-state index in [1.807, 2.05) is 67.6 Å². The second-order valence-corrected chi connectivity index (χ2v) is 8.24. The number of amides is 1. The number of nitrogens with one attached hydrogen (secondary N) is 1. The molecule has 0 saturated heterocycles. The fourth-order valence-corrected chi connectivity index (χ4v) is 4.22. The third kappa shape index (κ3) is 4.15. The summed E-state index contributed by atoms with van der Waals surface area (Å²) in [5.41, 5.74) is 2.75. The van der Waals surface area contributed by atoms with Gasteiger partial charge in [0.2, 0.25) is 5.91 Å². The fraction of sp³-hybridized carbons (Fsp3) is 0.100. The van der Waals surface area contributed by atoms with Gasteiger partial charge in [0.25, 0.3) is 0 Å². The van der Waals surface area contributed by atoms with Crippen molar-refractivity contribution in [3.8, 4) is 11.3 Å². The van der Waals surface area contributed by atoms with E-state index in [0.717, 1.165) is 26.5 Å². The van der Waals surface area contributed by atoms with Crippen LogP contribution < -0.4 is 5.32 Å². The highest BCUT2D eigenvalue weighted by atomic mass is 32.2. The van der Waals surface area contributed by atoms with E-state index in [4.69, 9.17) is 0 Å². The maximum absolute atomic E-state index is 12.5. The Kier molecular flexibility index (Phi) is 5.13. The zero-order chi connectivity index (χ0) is 18.6. The summed E-state index contributed by atoms with van der Waals surface area (Å²) in [5.74, 6) is -0.0982. The van der Waals surface area contributed by atoms with E-state index in [1.165, 1.54) is 29.4 Å².